The molecule has 2 N–H and O–H groups in total. The van der Waals surface area contributed by atoms with Crippen molar-refractivity contribution >= 4 is 23.4 Å². The third-order valence-corrected chi connectivity index (χ3v) is 5.98. The van der Waals surface area contributed by atoms with Gasteiger partial charge in [-0.1, -0.05) is 19.9 Å². The van der Waals surface area contributed by atoms with Crippen molar-refractivity contribution in [2.24, 2.45) is 0 Å². The van der Waals surface area contributed by atoms with Gasteiger partial charge in [0.2, 0.25) is 11.9 Å². The van der Waals surface area contributed by atoms with Crippen molar-refractivity contribution in [2.45, 2.75) is 38.5 Å². The molecule has 0 radical (unpaired) electrons. The van der Waals surface area contributed by atoms with Gasteiger partial charge in [0.1, 0.15) is 5.65 Å². The van der Waals surface area contributed by atoms with Gasteiger partial charge in [-0.3, -0.25) is 14.5 Å². The summed E-state index contributed by atoms with van der Waals surface area (Å²) < 4.78 is 1.95. The van der Waals surface area contributed by atoms with Crippen LogP contribution in [0, 0.1) is 0 Å². The lowest BCUT2D eigenvalue weighted by Gasteiger charge is -2.18. The van der Waals surface area contributed by atoms with E-state index in [1.165, 1.54) is 5.56 Å². The van der Waals surface area contributed by atoms with Crippen molar-refractivity contribution in [1.29, 1.82) is 0 Å². The molecule has 1 saturated heterocycles. The first-order chi connectivity index (χ1) is 14.7. The minimum atomic E-state index is 0.439. The lowest BCUT2D eigenvalue weighted by Crippen LogP contribution is -2.23. The third kappa shape index (κ3) is 3.49. The van der Waals surface area contributed by atoms with Gasteiger partial charge in [0, 0.05) is 49.4 Å². The standard InChI is InChI=1S/C22H26N8/c1-3-15(2)18-12-19(28-27-18)24-22-26-21(25-20-7-5-10-30(20)22)29-11-8-17(14-29)16-6-4-9-23-13-16/h4-7,9-10,12-13,15,17H,3,8,11,14H2,1-2H3,(H2,24,25,26,27,28). The summed E-state index contributed by atoms with van der Waals surface area (Å²) in [5.74, 6) is 3.11. The zero-order valence-corrected chi connectivity index (χ0v) is 17.3. The second-order valence-corrected chi connectivity index (χ2v) is 7.94. The van der Waals surface area contributed by atoms with Gasteiger partial charge in [0.25, 0.3) is 0 Å². The minimum Gasteiger partial charge on any atom is -0.340 e. The van der Waals surface area contributed by atoms with E-state index >= 15 is 0 Å². The van der Waals surface area contributed by atoms with E-state index < -0.39 is 0 Å². The van der Waals surface area contributed by atoms with Crippen LogP contribution in [0.25, 0.3) is 5.65 Å². The number of fused-ring (bicyclic) bond motifs is 1. The lowest BCUT2D eigenvalue weighted by molar-refractivity contribution is 0.703. The Bertz CT molecular complexity index is 1130. The number of pyridine rings is 1. The van der Waals surface area contributed by atoms with E-state index in [9.17, 15) is 0 Å². The van der Waals surface area contributed by atoms with E-state index in [0.29, 0.717) is 17.8 Å². The Kier molecular flexibility index (Phi) is 4.82. The monoisotopic (exact) mass is 402 g/mol. The number of anilines is 3. The molecule has 8 heteroatoms. The molecule has 8 nitrogen and oxygen atoms in total. The highest BCUT2D eigenvalue weighted by Crippen LogP contribution is 2.30. The average molecular weight is 403 g/mol. The molecule has 2 atom stereocenters. The lowest BCUT2D eigenvalue weighted by atomic mass is 10.0. The molecule has 0 saturated carbocycles. The first-order valence-electron chi connectivity index (χ1n) is 10.5. The number of hydrogen-bond donors (Lipinski definition) is 2. The quantitative estimate of drug-likeness (QED) is 0.505. The van der Waals surface area contributed by atoms with Crippen LogP contribution >= 0.6 is 0 Å². The zero-order valence-electron chi connectivity index (χ0n) is 17.3. The Morgan fingerprint density at radius 2 is 2.20 bits per heavy atom. The van der Waals surface area contributed by atoms with Crippen LogP contribution < -0.4 is 10.2 Å². The van der Waals surface area contributed by atoms with E-state index in [2.05, 4.69) is 51.4 Å². The van der Waals surface area contributed by atoms with Gasteiger partial charge in [-0.05, 0) is 42.5 Å². The second-order valence-electron chi connectivity index (χ2n) is 7.94. The summed E-state index contributed by atoms with van der Waals surface area (Å²) in [6.07, 6.45) is 7.88. The van der Waals surface area contributed by atoms with Gasteiger partial charge in [-0.15, -0.1) is 0 Å². The van der Waals surface area contributed by atoms with Crippen LogP contribution in [0.1, 0.15) is 49.8 Å². The fraction of sp³-hybridized carbons (Fsp3) is 0.364. The predicted molar refractivity (Wildman–Crippen MR) is 117 cm³/mol. The van der Waals surface area contributed by atoms with E-state index in [-0.39, 0.29) is 0 Å². The number of rotatable bonds is 6. The van der Waals surface area contributed by atoms with Crippen LogP contribution in [0.5, 0.6) is 0 Å². The van der Waals surface area contributed by atoms with Crippen LogP contribution in [0.3, 0.4) is 0 Å². The third-order valence-electron chi connectivity index (χ3n) is 5.98. The van der Waals surface area contributed by atoms with Crippen LogP contribution in [0.4, 0.5) is 17.7 Å². The fourth-order valence-corrected chi connectivity index (χ4v) is 3.97. The highest BCUT2D eigenvalue weighted by Gasteiger charge is 2.26. The number of nitrogens with zero attached hydrogens (tertiary/aromatic N) is 6. The number of H-pyrrole nitrogens is 1. The molecule has 1 aliphatic heterocycles. The number of nitrogens with one attached hydrogen (secondary N) is 2. The average Bonchev–Trinajstić information content (AvgIpc) is 3.54. The van der Waals surface area contributed by atoms with Crippen molar-refractivity contribution in [3.05, 3.63) is 60.2 Å². The van der Waals surface area contributed by atoms with Crippen molar-refractivity contribution < 1.29 is 0 Å². The summed E-state index contributed by atoms with van der Waals surface area (Å²) in [7, 11) is 0. The largest absolute Gasteiger partial charge is 0.340 e. The summed E-state index contributed by atoms with van der Waals surface area (Å²) in [5.41, 5.74) is 3.26. The van der Waals surface area contributed by atoms with E-state index in [0.717, 1.165) is 49.0 Å². The molecule has 30 heavy (non-hydrogen) atoms. The second kappa shape index (κ2) is 7.78. The first-order valence-corrected chi connectivity index (χ1v) is 10.5. The van der Waals surface area contributed by atoms with Crippen molar-refractivity contribution in [2.75, 3.05) is 23.3 Å². The first kappa shape index (κ1) is 18.6. The Hall–Kier alpha value is -3.42. The molecule has 5 heterocycles. The van der Waals surface area contributed by atoms with Gasteiger partial charge in [0.05, 0.1) is 0 Å². The Morgan fingerprint density at radius 1 is 1.27 bits per heavy atom. The van der Waals surface area contributed by atoms with Crippen molar-refractivity contribution in [1.82, 2.24) is 29.5 Å². The molecular formula is C22H26N8. The topological polar surface area (TPSA) is 87.0 Å². The van der Waals surface area contributed by atoms with Gasteiger partial charge < -0.3 is 10.2 Å². The fourth-order valence-electron chi connectivity index (χ4n) is 3.97. The van der Waals surface area contributed by atoms with Crippen molar-refractivity contribution in [3.63, 3.8) is 0 Å². The summed E-state index contributed by atoms with van der Waals surface area (Å²) in [6.45, 7) is 6.18. The molecule has 1 fully saturated rings. The van der Waals surface area contributed by atoms with Gasteiger partial charge in [-0.2, -0.15) is 15.1 Å². The summed E-state index contributed by atoms with van der Waals surface area (Å²) in [6, 6.07) is 10.2. The molecule has 0 aliphatic carbocycles. The SMILES string of the molecule is CCC(C)c1cc(Nc2nc(N3CCC(c4cccnc4)C3)nc3cccn23)n[nH]1. The number of aromatic nitrogens is 6. The molecule has 4 aromatic heterocycles. The number of hydrogen-bond acceptors (Lipinski definition) is 6. The molecule has 5 rings (SSSR count). The predicted octanol–water partition coefficient (Wildman–Crippen LogP) is 4.10. The van der Waals surface area contributed by atoms with Gasteiger partial charge >= 0.3 is 0 Å². The molecule has 0 aromatic carbocycles. The zero-order chi connectivity index (χ0) is 20.5. The van der Waals surface area contributed by atoms with Gasteiger partial charge in [0.15, 0.2) is 5.82 Å². The summed E-state index contributed by atoms with van der Waals surface area (Å²) >= 11 is 0. The number of aromatic amines is 1. The molecule has 154 valence electrons. The maximum atomic E-state index is 4.85. The molecule has 0 amide bonds. The van der Waals surface area contributed by atoms with Gasteiger partial charge in [-0.25, -0.2) is 0 Å². The van der Waals surface area contributed by atoms with E-state index in [1.54, 1.807) is 0 Å². The van der Waals surface area contributed by atoms with E-state index in [1.807, 2.05) is 41.2 Å². The molecule has 2 unspecified atom stereocenters. The normalized spacial score (nSPS) is 17.5. The van der Waals surface area contributed by atoms with Crippen molar-refractivity contribution in [3.8, 4) is 0 Å². The minimum absolute atomic E-state index is 0.439. The highest BCUT2D eigenvalue weighted by atomic mass is 15.3. The maximum Gasteiger partial charge on any atom is 0.230 e. The Labute approximate surface area is 175 Å². The molecule has 0 spiro atoms. The van der Waals surface area contributed by atoms with Crippen LogP contribution in [-0.2, 0) is 0 Å². The Balaban J connectivity index is 1.41. The van der Waals surface area contributed by atoms with Crippen LogP contribution in [0.15, 0.2) is 48.9 Å². The molecule has 0 bridgehead atoms. The Morgan fingerprint density at radius 3 is 3.03 bits per heavy atom. The van der Waals surface area contributed by atoms with E-state index in [4.69, 9.17) is 9.97 Å². The molecular weight excluding hydrogens is 376 g/mol. The maximum absolute atomic E-state index is 4.85. The smallest absolute Gasteiger partial charge is 0.230 e. The summed E-state index contributed by atoms with van der Waals surface area (Å²) in [4.78, 5) is 16.2. The highest BCUT2D eigenvalue weighted by molar-refractivity contribution is 5.57. The molecule has 1 aliphatic rings. The van der Waals surface area contributed by atoms with Crippen LogP contribution in [-0.4, -0.2) is 42.6 Å². The summed E-state index contributed by atoms with van der Waals surface area (Å²) in [5, 5.41) is 10.9. The van der Waals surface area contributed by atoms with Crippen LogP contribution in [0.2, 0.25) is 0 Å². The molecule has 4 aromatic rings.